The zero-order valence-electron chi connectivity index (χ0n) is 13.6. The summed E-state index contributed by atoms with van der Waals surface area (Å²) < 4.78 is 5.08. The Bertz CT molecular complexity index is 968. The highest BCUT2D eigenvalue weighted by molar-refractivity contribution is 7.17. The summed E-state index contributed by atoms with van der Waals surface area (Å²) in [6.45, 7) is 3.86. The molecule has 0 fully saturated rings. The van der Waals surface area contributed by atoms with Gasteiger partial charge in [-0.2, -0.15) is 0 Å². The Kier molecular flexibility index (Phi) is 4.62. The van der Waals surface area contributed by atoms with Crippen molar-refractivity contribution in [2.24, 2.45) is 0 Å². The lowest BCUT2D eigenvalue weighted by Crippen LogP contribution is -2.06. The van der Waals surface area contributed by atoms with Crippen LogP contribution >= 0.6 is 11.3 Å². The van der Waals surface area contributed by atoms with Crippen molar-refractivity contribution in [1.82, 2.24) is 9.97 Å². The number of rotatable bonds is 5. The summed E-state index contributed by atoms with van der Waals surface area (Å²) in [6, 6.07) is 4.78. The van der Waals surface area contributed by atoms with Crippen LogP contribution in [-0.4, -0.2) is 33.6 Å². The molecule has 0 amide bonds. The van der Waals surface area contributed by atoms with Gasteiger partial charge in [0.25, 0.3) is 0 Å². The van der Waals surface area contributed by atoms with Crippen LogP contribution in [0.15, 0.2) is 29.9 Å². The molecule has 0 unspecified atom stereocenters. The molecule has 1 aromatic carbocycles. The molecule has 8 heteroatoms. The van der Waals surface area contributed by atoms with E-state index in [2.05, 4.69) is 15.3 Å². The van der Waals surface area contributed by atoms with Gasteiger partial charge in [0, 0.05) is 11.1 Å². The van der Waals surface area contributed by atoms with E-state index in [1.807, 2.05) is 6.92 Å². The van der Waals surface area contributed by atoms with Gasteiger partial charge in [0.05, 0.1) is 23.1 Å². The number of aromatic nitrogens is 2. The van der Waals surface area contributed by atoms with E-state index in [9.17, 15) is 9.59 Å². The fourth-order valence-electron chi connectivity index (χ4n) is 2.35. The zero-order chi connectivity index (χ0) is 18.0. The molecule has 128 valence electrons. The number of benzene rings is 1. The second-order valence-electron chi connectivity index (χ2n) is 5.23. The van der Waals surface area contributed by atoms with E-state index in [1.165, 1.54) is 29.8 Å². The van der Waals surface area contributed by atoms with Gasteiger partial charge in [0.1, 0.15) is 17.0 Å². The van der Waals surface area contributed by atoms with Gasteiger partial charge in [0.15, 0.2) is 0 Å². The molecule has 0 bridgehead atoms. The number of carboxylic acid groups (broad SMARTS) is 1. The van der Waals surface area contributed by atoms with E-state index in [4.69, 9.17) is 9.84 Å². The number of hydrogen-bond acceptors (Lipinski definition) is 7. The average molecular weight is 357 g/mol. The molecular weight excluding hydrogens is 342 g/mol. The summed E-state index contributed by atoms with van der Waals surface area (Å²) in [6.07, 6.45) is 1.40. The number of nitrogens with zero attached hydrogens (tertiary/aromatic N) is 2. The minimum atomic E-state index is -1.02. The van der Waals surface area contributed by atoms with Gasteiger partial charge < -0.3 is 15.2 Å². The fourth-order valence-corrected chi connectivity index (χ4v) is 3.22. The second kappa shape index (κ2) is 6.86. The predicted octanol–water partition coefficient (Wildman–Crippen LogP) is 3.62. The third-order valence-electron chi connectivity index (χ3n) is 3.60. The van der Waals surface area contributed by atoms with E-state index in [1.54, 1.807) is 18.4 Å². The first-order valence-corrected chi connectivity index (χ1v) is 8.39. The molecule has 7 nitrogen and oxygen atoms in total. The van der Waals surface area contributed by atoms with Crippen LogP contribution in [0, 0.1) is 6.92 Å². The summed E-state index contributed by atoms with van der Waals surface area (Å²) in [4.78, 5) is 32.4. The van der Waals surface area contributed by atoms with Crippen molar-refractivity contribution in [2.75, 3.05) is 11.9 Å². The molecule has 2 aromatic heterocycles. The largest absolute Gasteiger partial charge is 0.478 e. The molecule has 2 N–H and O–H groups in total. The third-order valence-corrected chi connectivity index (χ3v) is 4.49. The zero-order valence-corrected chi connectivity index (χ0v) is 14.4. The Morgan fingerprint density at radius 3 is 2.84 bits per heavy atom. The number of carboxylic acids is 1. The van der Waals surface area contributed by atoms with Crippen molar-refractivity contribution < 1.29 is 19.4 Å². The Labute approximate surface area is 147 Å². The number of aromatic carboxylic acids is 1. The Morgan fingerprint density at radius 1 is 1.32 bits per heavy atom. The summed E-state index contributed by atoms with van der Waals surface area (Å²) in [5, 5.41) is 14.5. The number of hydrogen-bond donors (Lipinski definition) is 2. The summed E-state index contributed by atoms with van der Waals surface area (Å²) >= 11 is 1.32. The van der Waals surface area contributed by atoms with Gasteiger partial charge in [-0.1, -0.05) is 6.07 Å². The smallest absolute Gasteiger partial charge is 0.339 e. The molecule has 2 heterocycles. The number of nitrogens with one attached hydrogen (secondary N) is 1. The van der Waals surface area contributed by atoms with E-state index >= 15 is 0 Å². The van der Waals surface area contributed by atoms with Crippen LogP contribution < -0.4 is 5.32 Å². The number of esters is 1. The number of aryl methyl sites for hydroxylation is 1. The van der Waals surface area contributed by atoms with Crippen molar-refractivity contribution in [3.63, 3.8) is 0 Å². The predicted molar refractivity (Wildman–Crippen MR) is 94.8 cm³/mol. The maximum absolute atomic E-state index is 12.2. The molecule has 0 radical (unpaired) electrons. The fraction of sp³-hybridized carbons (Fsp3) is 0.176. The Morgan fingerprint density at radius 2 is 2.12 bits per heavy atom. The van der Waals surface area contributed by atoms with Crippen LogP contribution in [-0.2, 0) is 4.74 Å². The first kappa shape index (κ1) is 16.8. The second-order valence-corrected chi connectivity index (χ2v) is 6.09. The Balaban J connectivity index is 2.08. The van der Waals surface area contributed by atoms with E-state index in [0.29, 0.717) is 27.3 Å². The highest BCUT2D eigenvalue weighted by Gasteiger charge is 2.19. The van der Waals surface area contributed by atoms with Gasteiger partial charge in [-0.05, 0) is 31.5 Å². The molecule has 0 aliphatic heterocycles. The molecule has 0 atom stereocenters. The molecule has 3 aromatic rings. The number of fused-ring (bicyclic) bond motifs is 1. The maximum Gasteiger partial charge on any atom is 0.339 e. The van der Waals surface area contributed by atoms with Gasteiger partial charge >= 0.3 is 11.9 Å². The number of carbonyl (C=O) groups excluding carboxylic acids is 1. The highest BCUT2D eigenvalue weighted by atomic mass is 32.1. The summed E-state index contributed by atoms with van der Waals surface area (Å²) in [5.41, 5.74) is 2.00. The first-order valence-electron chi connectivity index (χ1n) is 7.51. The lowest BCUT2D eigenvalue weighted by atomic mass is 10.1. The van der Waals surface area contributed by atoms with Gasteiger partial charge in [-0.3, -0.25) is 0 Å². The van der Waals surface area contributed by atoms with Crippen molar-refractivity contribution >= 4 is 45.0 Å². The molecule has 0 saturated heterocycles. The number of thiophene rings is 1. The van der Waals surface area contributed by atoms with Crippen LogP contribution in [0.3, 0.4) is 0 Å². The van der Waals surface area contributed by atoms with E-state index in [-0.39, 0.29) is 12.2 Å². The number of anilines is 2. The van der Waals surface area contributed by atoms with Crippen LogP contribution in [0.1, 0.15) is 33.2 Å². The number of ether oxygens (including phenoxy) is 1. The van der Waals surface area contributed by atoms with Gasteiger partial charge in [0.2, 0.25) is 0 Å². The van der Waals surface area contributed by atoms with Crippen molar-refractivity contribution in [1.29, 1.82) is 0 Å². The number of carbonyl (C=O) groups is 2. The Hall–Kier alpha value is -3.00. The third kappa shape index (κ3) is 3.29. The quantitative estimate of drug-likeness (QED) is 0.672. The van der Waals surface area contributed by atoms with Crippen LogP contribution in [0.25, 0.3) is 10.2 Å². The van der Waals surface area contributed by atoms with Crippen LogP contribution in [0.5, 0.6) is 0 Å². The maximum atomic E-state index is 12.2. The summed E-state index contributed by atoms with van der Waals surface area (Å²) in [7, 11) is 0. The minimum absolute atomic E-state index is 0.161. The highest BCUT2D eigenvalue weighted by Crippen LogP contribution is 2.32. The molecule has 0 aliphatic carbocycles. The minimum Gasteiger partial charge on any atom is -0.478 e. The average Bonchev–Trinajstić information content (AvgIpc) is 3.02. The van der Waals surface area contributed by atoms with Crippen molar-refractivity contribution in [3.05, 3.63) is 46.6 Å². The summed E-state index contributed by atoms with van der Waals surface area (Å²) in [5.74, 6) is -1.03. The topological polar surface area (TPSA) is 101 Å². The van der Waals surface area contributed by atoms with E-state index in [0.717, 1.165) is 5.56 Å². The van der Waals surface area contributed by atoms with Crippen molar-refractivity contribution in [2.45, 2.75) is 13.8 Å². The van der Waals surface area contributed by atoms with Crippen LogP contribution in [0.4, 0.5) is 11.5 Å². The first-order chi connectivity index (χ1) is 12.0. The lowest BCUT2D eigenvalue weighted by Gasteiger charge is -2.11. The normalized spacial score (nSPS) is 10.6. The van der Waals surface area contributed by atoms with Crippen molar-refractivity contribution in [3.8, 4) is 0 Å². The standard InChI is InChI=1S/C17H15N3O4S/c1-3-24-17(23)11-7-25-15-13(11)14(18-8-19-15)20-12-6-10(16(21)22)5-4-9(12)2/h4-8H,3H2,1-2H3,(H,21,22)(H,18,19,20). The van der Waals surface area contributed by atoms with E-state index < -0.39 is 11.9 Å². The van der Waals surface area contributed by atoms with Crippen LogP contribution in [0.2, 0.25) is 0 Å². The molecule has 3 rings (SSSR count). The molecule has 0 aliphatic rings. The van der Waals surface area contributed by atoms with Gasteiger partial charge in [-0.15, -0.1) is 11.3 Å². The monoisotopic (exact) mass is 357 g/mol. The molecule has 0 spiro atoms. The SMILES string of the molecule is CCOC(=O)c1csc2ncnc(Nc3cc(C(=O)O)ccc3C)c12. The van der Waals surface area contributed by atoms with Gasteiger partial charge in [-0.25, -0.2) is 19.6 Å². The molecule has 0 saturated carbocycles. The molecular formula is C17H15N3O4S. The molecule has 25 heavy (non-hydrogen) atoms. The lowest BCUT2D eigenvalue weighted by molar-refractivity contribution is 0.0528.